The molecule has 1 amide bonds. The van der Waals surface area contributed by atoms with Gasteiger partial charge < -0.3 is 5.32 Å². The van der Waals surface area contributed by atoms with Crippen LogP contribution < -0.4 is 10.7 Å². The number of anilines is 2. The van der Waals surface area contributed by atoms with E-state index in [0.29, 0.717) is 6.42 Å². The maximum absolute atomic E-state index is 11.9. The summed E-state index contributed by atoms with van der Waals surface area (Å²) in [5.74, 6) is -0.863. The minimum absolute atomic E-state index is 0.0741. The number of hydrazone groups is 1. The molecule has 1 aliphatic rings. The SMILES string of the molecule is O=C(N/N=C\c1ccc(Nc2ccccc2)cc1)[C@H]1CCS(=O)(=O)C1. The first-order valence-electron chi connectivity index (χ1n) is 7.97. The second-order valence-corrected chi connectivity index (χ2v) is 8.18. The number of hydrogen-bond donors (Lipinski definition) is 2. The number of nitrogens with one attached hydrogen (secondary N) is 2. The average molecular weight is 357 g/mol. The van der Waals surface area contributed by atoms with Crippen molar-refractivity contribution >= 4 is 33.3 Å². The number of para-hydroxylation sites is 1. The highest BCUT2D eigenvalue weighted by molar-refractivity contribution is 7.91. The molecule has 1 aliphatic heterocycles. The van der Waals surface area contributed by atoms with E-state index >= 15 is 0 Å². The first kappa shape index (κ1) is 17.2. The molecule has 0 aromatic heterocycles. The topological polar surface area (TPSA) is 87.6 Å². The van der Waals surface area contributed by atoms with Gasteiger partial charge in [-0.25, -0.2) is 13.8 Å². The molecule has 2 aromatic carbocycles. The minimum atomic E-state index is -3.07. The van der Waals surface area contributed by atoms with Gasteiger partial charge in [0.05, 0.1) is 23.6 Å². The molecule has 0 unspecified atom stereocenters. The van der Waals surface area contributed by atoms with Crippen LogP contribution in [-0.2, 0) is 14.6 Å². The third kappa shape index (κ3) is 4.90. The molecule has 7 heteroatoms. The van der Waals surface area contributed by atoms with Crippen LogP contribution >= 0.6 is 0 Å². The van der Waals surface area contributed by atoms with Crippen molar-refractivity contribution in [2.75, 3.05) is 16.8 Å². The number of nitrogens with zero attached hydrogens (tertiary/aromatic N) is 1. The lowest BCUT2D eigenvalue weighted by Crippen LogP contribution is -2.27. The smallest absolute Gasteiger partial charge is 0.244 e. The van der Waals surface area contributed by atoms with Crippen LogP contribution in [0.15, 0.2) is 59.7 Å². The lowest BCUT2D eigenvalue weighted by molar-refractivity contribution is -0.124. The monoisotopic (exact) mass is 357 g/mol. The summed E-state index contributed by atoms with van der Waals surface area (Å²) in [4.78, 5) is 11.9. The summed E-state index contributed by atoms with van der Waals surface area (Å²) in [5, 5.41) is 7.19. The van der Waals surface area contributed by atoms with Crippen LogP contribution in [0.3, 0.4) is 0 Å². The van der Waals surface area contributed by atoms with Gasteiger partial charge in [-0.05, 0) is 36.2 Å². The van der Waals surface area contributed by atoms with E-state index in [1.807, 2.05) is 54.6 Å². The van der Waals surface area contributed by atoms with Crippen molar-refractivity contribution in [1.29, 1.82) is 0 Å². The molecule has 0 spiro atoms. The number of sulfone groups is 1. The van der Waals surface area contributed by atoms with Crippen molar-refractivity contribution in [1.82, 2.24) is 5.43 Å². The summed E-state index contributed by atoms with van der Waals surface area (Å²) in [7, 11) is -3.07. The maximum Gasteiger partial charge on any atom is 0.244 e. The zero-order valence-electron chi connectivity index (χ0n) is 13.6. The fraction of sp³-hybridized carbons (Fsp3) is 0.222. The van der Waals surface area contributed by atoms with Crippen LogP contribution in [-0.4, -0.2) is 32.0 Å². The number of hydrogen-bond acceptors (Lipinski definition) is 5. The van der Waals surface area contributed by atoms with Crippen LogP contribution in [0.1, 0.15) is 12.0 Å². The van der Waals surface area contributed by atoms with E-state index in [2.05, 4.69) is 15.8 Å². The highest BCUT2D eigenvalue weighted by atomic mass is 32.2. The van der Waals surface area contributed by atoms with E-state index in [9.17, 15) is 13.2 Å². The first-order valence-corrected chi connectivity index (χ1v) is 9.79. The first-order chi connectivity index (χ1) is 12.0. The van der Waals surface area contributed by atoms with Crippen LogP contribution in [0.2, 0.25) is 0 Å². The molecule has 3 rings (SSSR count). The Bertz CT molecular complexity index is 862. The van der Waals surface area contributed by atoms with Crippen molar-refractivity contribution in [3.63, 3.8) is 0 Å². The summed E-state index contributed by atoms with van der Waals surface area (Å²) in [6.07, 6.45) is 1.90. The standard InChI is InChI=1S/C18H19N3O3S/c22-18(15-10-11-25(23,24)13-15)21-19-12-14-6-8-17(9-7-14)20-16-4-2-1-3-5-16/h1-9,12,15,20H,10-11,13H2,(H,21,22)/b19-12-/t15-/m0/s1. The molecule has 0 radical (unpaired) electrons. The lowest BCUT2D eigenvalue weighted by atomic mass is 10.1. The van der Waals surface area contributed by atoms with Crippen molar-refractivity contribution in [3.05, 3.63) is 60.2 Å². The third-order valence-electron chi connectivity index (χ3n) is 3.96. The molecule has 0 bridgehead atoms. The molecule has 1 saturated heterocycles. The van der Waals surface area contributed by atoms with Gasteiger partial charge in [0.1, 0.15) is 0 Å². The highest BCUT2D eigenvalue weighted by Gasteiger charge is 2.32. The number of amides is 1. The summed E-state index contributed by atoms with van der Waals surface area (Å²) in [5.41, 5.74) is 5.20. The predicted octanol–water partition coefficient (Wildman–Crippen LogP) is 2.32. The summed E-state index contributed by atoms with van der Waals surface area (Å²) < 4.78 is 22.8. The van der Waals surface area contributed by atoms with Gasteiger partial charge in [0, 0.05) is 11.4 Å². The highest BCUT2D eigenvalue weighted by Crippen LogP contribution is 2.18. The Morgan fingerprint density at radius 2 is 1.72 bits per heavy atom. The van der Waals surface area contributed by atoms with Crippen LogP contribution in [0.4, 0.5) is 11.4 Å². The molecule has 2 aromatic rings. The largest absolute Gasteiger partial charge is 0.356 e. The Morgan fingerprint density at radius 1 is 1.04 bits per heavy atom. The number of rotatable bonds is 5. The van der Waals surface area contributed by atoms with Gasteiger partial charge in [-0.1, -0.05) is 30.3 Å². The van der Waals surface area contributed by atoms with Crippen molar-refractivity contribution in [3.8, 4) is 0 Å². The van der Waals surface area contributed by atoms with Crippen LogP contribution in [0.5, 0.6) is 0 Å². The van der Waals surface area contributed by atoms with Gasteiger partial charge in [-0.3, -0.25) is 4.79 Å². The predicted molar refractivity (Wildman–Crippen MR) is 98.7 cm³/mol. The van der Waals surface area contributed by atoms with Gasteiger partial charge in [-0.2, -0.15) is 5.10 Å². The number of benzene rings is 2. The molecule has 1 atom stereocenters. The lowest BCUT2D eigenvalue weighted by Gasteiger charge is -2.06. The van der Waals surface area contributed by atoms with Gasteiger partial charge in [0.15, 0.2) is 9.84 Å². The zero-order valence-corrected chi connectivity index (χ0v) is 14.4. The molecule has 1 fully saturated rings. The van der Waals surface area contributed by atoms with E-state index in [-0.39, 0.29) is 17.4 Å². The van der Waals surface area contributed by atoms with Crippen LogP contribution in [0, 0.1) is 5.92 Å². The third-order valence-corrected chi connectivity index (χ3v) is 5.73. The molecule has 0 saturated carbocycles. The fourth-order valence-electron chi connectivity index (χ4n) is 2.60. The van der Waals surface area contributed by atoms with Crippen LogP contribution in [0.25, 0.3) is 0 Å². The summed E-state index contributed by atoms with van der Waals surface area (Å²) in [6, 6.07) is 17.4. The van der Waals surface area contributed by atoms with Gasteiger partial charge in [0.2, 0.25) is 5.91 Å². The second kappa shape index (κ2) is 7.48. The van der Waals surface area contributed by atoms with E-state index in [1.165, 1.54) is 6.21 Å². The molecule has 6 nitrogen and oxygen atoms in total. The molecular formula is C18H19N3O3S. The Kier molecular flexibility index (Phi) is 5.14. The Balaban J connectivity index is 1.53. The van der Waals surface area contributed by atoms with Crippen molar-refractivity contribution in [2.24, 2.45) is 11.0 Å². The average Bonchev–Trinajstić information content (AvgIpc) is 2.97. The molecule has 1 heterocycles. The Hall–Kier alpha value is -2.67. The van der Waals surface area contributed by atoms with E-state index in [1.54, 1.807) is 0 Å². The second-order valence-electron chi connectivity index (χ2n) is 5.95. The normalized spacial score (nSPS) is 19.0. The fourth-order valence-corrected chi connectivity index (χ4v) is 4.35. The minimum Gasteiger partial charge on any atom is -0.356 e. The quantitative estimate of drug-likeness (QED) is 0.635. The van der Waals surface area contributed by atoms with Gasteiger partial charge in [-0.15, -0.1) is 0 Å². The Labute approximate surface area is 146 Å². The number of carbonyl (C=O) groups excluding carboxylic acids is 1. The zero-order chi connectivity index (χ0) is 17.7. The summed E-state index contributed by atoms with van der Waals surface area (Å²) >= 11 is 0. The molecule has 2 N–H and O–H groups in total. The maximum atomic E-state index is 11.9. The molecule has 25 heavy (non-hydrogen) atoms. The summed E-state index contributed by atoms with van der Waals surface area (Å²) in [6.45, 7) is 0. The van der Waals surface area contributed by atoms with E-state index in [4.69, 9.17) is 0 Å². The van der Waals surface area contributed by atoms with Crippen molar-refractivity contribution in [2.45, 2.75) is 6.42 Å². The van der Waals surface area contributed by atoms with Gasteiger partial charge >= 0.3 is 0 Å². The van der Waals surface area contributed by atoms with Crippen molar-refractivity contribution < 1.29 is 13.2 Å². The van der Waals surface area contributed by atoms with E-state index in [0.717, 1.165) is 16.9 Å². The molecule has 0 aliphatic carbocycles. The number of carbonyl (C=O) groups is 1. The molecular weight excluding hydrogens is 338 g/mol. The molecule has 130 valence electrons. The van der Waals surface area contributed by atoms with E-state index < -0.39 is 15.8 Å². The Morgan fingerprint density at radius 3 is 2.36 bits per heavy atom. The van der Waals surface area contributed by atoms with Gasteiger partial charge in [0.25, 0.3) is 0 Å².